The molecule has 0 amide bonds. The Hall–Kier alpha value is -0.590. The van der Waals surface area contributed by atoms with Crippen LogP contribution in [0.3, 0.4) is 0 Å². The molecule has 1 fully saturated rings. The first-order valence-corrected chi connectivity index (χ1v) is 10.7. The maximum Gasteiger partial charge on any atom is 0.397 e. The normalized spacial score (nSPS) is 29.0. The average Bonchev–Trinajstić information content (AvgIpc) is 2.61. The summed E-state index contributed by atoms with van der Waals surface area (Å²) in [6.07, 6.45) is 3.26. The second-order valence-corrected chi connectivity index (χ2v) is 7.74. The van der Waals surface area contributed by atoms with Crippen LogP contribution >= 0.6 is 0 Å². The predicted molar refractivity (Wildman–Crippen MR) is 97.3 cm³/mol. The van der Waals surface area contributed by atoms with Gasteiger partial charge in [0.1, 0.15) is 24.4 Å². The van der Waals surface area contributed by atoms with Crippen LogP contribution in [-0.4, -0.2) is 72.2 Å². The molecule has 0 bridgehead atoms. The van der Waals surface area contributed by atoms with Crippen LogP contribution < -0.4 is 0 Å². The molecule has 27 heavy (non-hydrogen) atoms. The van der Waals surface area contributed by atoms with Crippen LogP contribution in [0.5, 0.6) is 0 Å². The summed E-state index contributed by atoms with van der Waals surface area (Å²) in [6.45, 7) is 3.26. The van der Waals surface area contributed by atoms with Crippen LogP contribution in [0.15, 0.2) is 12.7 Å². The van der Waals surface area contributed by atoms with Crippen LogP contribution in [0.1, 0.15) is 51.4 Å². The van der Waals surface area contributed by atoms with Crippen molar-refractivity contribution in [1.82, 2.24) is 0 Å². The predicted octanol–water partition coefficient (Wildman–Crippen LogP) is 0.937. The van der Waals surface area contributed by atoms with Gasteiger partial charge in [-0.3, -0.25) is 4.55 Å². The topological polar surface area (TPSA) is 143 Å². The van der Waals surface area contributed by atoms with Crippen LogP contribution in [0.4, 0.5) is 0 Å². The van der Waals surface area contributed by atoms with Gasteiger partial charge in [-0.05, 0) is 19.3 Å². The molecule has 4 N–H and O–H groups in total. The quantitative estimate of drug-likeness (QED) is 0.186. The number of allylic oxidation sites excluding steroid dienone is 1. The molecule has 1 aliphatic rings. The molecular weight excluding hydrogens is 380 g/mol. The molecule has 0 unspecified atom stereocenters. The number of hydrogen-bond acceptors (Lipinski definition) is 8. The summed E-state index contributed by atoms with van der Waals surface area (Å²) >= 11 is 0. The smallest absolute Gasteiger partial charge is 0.387 e. The second-order valence-electron chi connectivity index (χ2n) is 6.65. The summed E-state index contributed by atoms with van der Waals surface area (Å²) in [7, 11) is -4.71. The van der Waals surface area contributed by atoms with E-state index < -0.39 is 47.7 Å². The zero-order valence-corrected chi connectivity index (χ0v) is 16.3. The van der Waals surface area contributed by atoms with E-state index in [2.05, 4.69) is 10.8 Å². The molecule has 0 saturated carbocycles. The van der Waals surface area contributed by atoms with E-state index in [1.54, 1.807) is 0 Å². The first kappa shape index (κ1) is 24.4. The van der Waals surface area contributed by atoms with Crippen molar-refractivity contribution >= 4 is 10.4 Å². The summed E-state index contributed by atoms with van der Waals surface area (Å²) in [5.74, 6) is 0. The highest BCUT2D eigenvalue weighted by atomic mass is 32.3. The Labute approximate surface area is 160 Å². The number of ether oxygens (including phenoxy) is 2. The molecule has 160 valence electrons. The lowest BCUT2D eigenvalue weighted by atomic mass is 9.99. The van der Waals surface area contributed by atoms with E-state index in [0.29, 0.717) is 0 Å². The van der Waals surface area contributed by atoms with E-state index >= 15 is 0 Å². The minimum Gasteiger partial charge on any atom is -0.387 e. The van der Waals surface area contributed by atoms with Gasteiger partial charge in [-0.25, -0.2) is 4.18 Å². The summed E-state index contributed by atoms with van der Waals surface area (Å²) < 4.78 is 44.7. The molecule has 0 spiro atoms. The van der Waals surface area contributed by atoms with Gasteiger partial charge in [0.05, 0.1) is 6.61 Å². The molecule has 0 aliphatic carbocycles. The summed E-state index contributed by atoms with van der Waals surface area (Å²) in [4.78, 5) is 0. The molecule has 1 aliphatic heterocycles. The fraction of sp³-hybridized carbons (Fsp3) is 0.882. The van der Waals surface area contributed by atoms with Crippen molar-refractivity contribution in [3.05, 3.63) is 12.7 Å². The van der Waals surface area contributed by atoms with Gasteiger partial charge in [0.15, 0.2) is 6.29 Å². The number of hydrogen-bond donors (Lipinski definition) is 4. The van der Waals surface area contributed by atoms with Crippen LogP contribution in [0.25, 0.3) is 0 Å². The van der Waals surface area contributed by atoms with Crippen molar-refractivity contribution in [3.8, 4) is 0 Å². The van der Waals surface area contributed by atoms with Crippen molar-refractivity contribution in [2.45, 2.75) is 82.1 Å². The van der Waals surface area contributed by atoms with Crippen LogP contribution in [0, 0.1) is 0 Å². The van der Waals surface area contributed by atoms with Gasteiger partial charge in [0, 0.05) is 6.61 Å². The van der Waals surface area contributed by atoms with E-state index in [4.69, 9.17) is 14.0 Å². The van der Waals surface area contributed by atoms with Crippen LogP contribution in [-0.2, 0) is 24.1 Å². The molecule has 5 atom stereocenters. The largest absolute Gasteiger partial charge is 0.397 e. The van der Waals surface area contributed by atoms with Crippen molar-refractivity contribution in [3.63, 3.8) is 0 Å². The van der Waals surface area contributed by atoms with Gasteiger partial charge >= 0.3 is 10.4 Å². The summed E-state index contributed by atoms with van der Waals surface area (Å²) in [5.41, 5.74) is 0. The summed E-state index contributed by atoms with van der Waals surface area (Å²) in [5, 5.41) is 29.6. The van der Waals surface area contributed by atoms with Gasteiger partial charge in [0.2, 0.25) is 0 Å². The highest BCUT2D eigenvalue weighted by Gasteiger charge is 2.44. The lowest BCUT2D eigenvalue weighted by molar-refractivity contribution is -0.300. The maximum absolute atomic E-state index is 10.6. The van der Waals surface area contributed by atoms with Gasteiger partial charge in [-0.1, -0.05) is 38.2 Å². The number of aliphatic hydroxyl groups is 3. The molecule has 1 heterocycles. The Morgan fingerprint density at radius 1 is 0.926 bits per heavy atom. The SMILES string of the molecule is C=CCCCCCCCCCO[C@H]1O[C@H](COS(=O)(=O)O)[C@@H](O)[C@H](O)[C@H]1O. The Balaban J connectivity index is 2.25. The van der Waals surface area contributed by atoms with Gasteiger partial charge < -0.3 is 24.8 Å². The summed E-state index contributed by atoms with van der Waals surface area (Å²) in [6, 6.07) is 0. The lowest BCUT2D eigenvalue weighted by Gasteiger charge is -2.39. The monoisotopic (exact) mass is 412 g/mol. The zero-order valence-electron chi connectivity index (χ0n) is 15.5. The van der Waals surface area contributed by atoms with Crippen LogP contribution in [0.2, 0.25) is 0 Å². The first-order valence-electron chi connectivity index (χ1n) is 9.30. The van der Waals surface area contributed by atoms with E-state index in [1.165, 1.54) is 19.3 Å². The standard InChI is InChI=1S/C17H32O9S/c1-2-3-4-5-6-7-8-9-10-11-24-17-16(20)15(19)14(18)13(26-17)12-25-27(21,22)23/h2,13-20H,1,3-12H2,(H,21,22,23)/t13-,14-,15+,16-,17+/m1/s1. The van der Waals surface area contributed by atoms with Crippen molar-refractivity contribution < 1.29 is 41.9 Å². The highest BCUT2D eigenvalue weighted by Crippen LogP contribution is 2.23. The number of rotatable bonds is 14. The second kappa shape index (κ2) is 12.8. The third-order valence-corrected chi connectivity index (χ3v) is 4.82. The minimum atomic E-state index is -4.71. The zero-order chi connectivity index (χ0) is 20.3. The fourth-order valence-electron chi connectivity index (χ4n) is 2.82. The Morgan fingerprint density at radius 2 is 1.52 bits per heavy atom. The third kappa shape index (κ3) is 9.95. The Bertz CT molecular complexity index is 511. The van der Waals surface area contributed by atoms with E-state index in [1.807, 2.05) is 6.08 Å². The van der Waals surface area contributed by atoms with Crippen molar-refractivity contribution in [1.29, 1.82) is 0 Å². The Kier molecular flexibility index (Phi) is 11.6. The molecule has 9 nitrogen and oxygen atoms in total. The van der Waals surface area contributed by atoms with Gasteiger partial charge in [-0.2, -0.15) is 8.42 Å². The molecule has 10 heteroatoms. The number of aliphatic hydroxyl groups excluding tert-OH is 3. The maximum atomic E-state index is 10.6. The third-order valence-electron chi connectivity index (χ3n) is 4.38. The van der Waals surface area contributed by atoms with Crippen molar-refractivity contribution in [2.24, 2.45) is 0 Å². The fourth-order valence-corrected chi connectivity index (χ4v) is 3.13. The highest BCUT2D eigenvalue weighted by molar-refractivity contribution is 7.80. The molecule has 0 aromatic heterocycles. The van der Waals surface area contributed by atoms with Crippen molar-refractivity contribution in [2.75, 3.05) is 13.2 Å². The molecule has 1 rings (SSSR count). The van der Waals surface area contributed by atoms with E-state index in [-0.39, 0.29) is 6.61 Å². The van der Waals surface area contributed by atoms with E-state index in [0.717, 1.165) is 32.1 Å². The molecular formula is C17H32O9S. The molecule has 0 aromatic rings. The molecule has 0 aromatic carbocycles. The lowest BCUT2D eigenvalue weighted by Crippen LogP contribution is -2.59. The number of unbranched alkanes of at least 4 members (excludes halogenated alkanes) is 7. The molecule has 1 saturated heterocycles. The minimum absolute atomic E-state index is 0.285. The van der Waals surface area contributed by atoms with E-state index in [9.17, 15) is 23.7 Å². The van der Waals surface area contributed by atoms with Gasteiger partial charge in [-0.15, -0.1) is 6.58 Å². The Morgan fingerprint density at radius 3 is 2.11 bits per heavy atom. The van der Waals surface area contributed by atoms with Gasteiger partial charge in [0.25, 0.3) is 0 Å². The average molecular weight is 413 g/mol. The first-order chi connectivity index (χ1) is 12.8. The molecule has 0 radical (unpaired) electrons.